The first-order valence-corrected chi connectivity index (χ1v) is 5.71. The Balaban J connectivity index is 2.52. The van der Waals surface area contributed by atoms with E-state index < -0.39 is 0 Å². The normalized spacial score (nSPS) is 10.2. The highest BCUT2D eigenvalue weighted by atomic mass is 35.5. The van der Waals surface area contributed by atoms with Gasteiger partial charge in [-0.15, -0.1) is 0 Å². The Morgan fingerprint density at radius 1 is 1.44 bits per heavy atom. The molecule has 3 nitrogen and oxygen atoms in total. The number of carbonyl (C=O) groups is 1. The van der Waals surface area contributed by atoms with Crippen LogP contribution in [0, 0.1) is 0 Å². The fraction of sp³-hybridized carbons (Fsp3) is 0.364. The van der Waals surface area contributed by atoms with Gasteiger partial charge in [0.05, 0.1) is 23.7 Å². The maximum Gasteiger partial charge on any atom is 0.226 e. The first kappa shape index (κ1) is 13.3. The third-order valence-corrected chi connectivity index (χ3v) is 2.44. The molecule has 0 aromatic heterocycles. The number of halogens is 2. The number of ether oxygens (including phenoxy) is 1. The summed E-state index contributed by atoms with van der Waals surface area (Å²) in [6.45, 7) is 2.89. The smallest absolute Gasteiger partial charge is 0.226 e. The molecule has 0 fully saturated rings. The largest absolute Gasteiger partial charge is 0.381 e. The Labute approximate surface area is 105 Å². The molecule has 0 saturated carbocycles. The van der Waals surface area contributed by atoms with Crippen LogP contribution >= 0.6 is 23.2 Å². The zero-order chi connectivity index (χ0) is 12.0. The van der Waals surface area contributed by atoms with Crippen LogP contribution in [0.1, 0.15) is 13.3 Å². The molecule has 1 aromatic carbocycles. The predicted molar refractivity (Wildman–Crippen MR) is 66.2 cm³/mol. The van der Waals surface area contributed by atoms with Crippen LogP contribution in [0.15, 0.2) is 18.2 Å². The number of amides is 1. The van der Waals surface area contributed by atoms with Gasteiger partial charge in [-0.3, -0.25) is 4.79 Å². The fourth-order valence-electron chi connectivity index (χ4n) is 1.12. The van der Waals surface area contributed by atoms with Crippen LogP contribution in [-0.2, 0) is 9.53 Å². The lowest BCUT2D eigenvalue weighted by atomic mass is 10.3. The molecular formula is C11H13Cl2NO2. The molecule has 1 amide bonds. The number of rotatable bonds is 5. The number of anilines is 1. The molecule has 0 aliphatic carbocycles. The van der Waals surface area contributed by atoms with E-state index in [1.165, 1.54) is 0 Å². The van der Waals surface area contributed by atoms with Crippen molar-refractivity contribution in [1.82, 2.24) is 0 Å². The minimum Gasteiger partial charge on any atom is -0.381 e. The van der Waals surface area contributed by atoms with Gasteiger partial charge >= 0.3 is 0 Å². The third-order valence-electron chi connectivity index (χ3n) is 1.88. The van der Waals surface area contributed by atoms with Gasteiger partial charge in [0.15, 0.2) is 0 Å². The van der Waals surface area contributed by atoms with Gasteiger partial charge in [0, 0.05) is 11.6 Å². The van der Waals surface area contributed by atoms with E-state index in [4.69, 9.17) is 27.9 Å². The Bertz CT molecular complexity index is 369. The number of nitrogens with one attached hydrogen (secondary N) is 1. The zero-order valence-electron chi connectivity index (χ0n) is 8.93. The van der Waals surface area contributed by atoms with E-state index >= 15 is 0 Å². The monoisotopic (exact) mass is 261 g/mol. The second-order valence-electron chi connectivity index (χ2n) is 3.12. The first-order chi connectivity index (χ1) is 7.63. The van der Waals surface area contributed by atoms with Crippen molar-refractivity contribution >= 4 is 34.8 Å². The van der Waals surface area contributed by atoms with Crippen molar-refractivity contribution in [2.75, 3.05) is 18.5 Å². The van der Waals surface area contributed by atoms with Crippen molar-refractivity contribution in [2.45, 2.75) is 13.3 Å². The van der Waals surface area contributed by atoms with E-state index in [0.717, 1.165) is 0 Å². The standard InChI is InChI=1S/C11H13Cl2NO2/c1-2-16-6-5-11(15)14-10-7-8(12)3-4-9(10)13/h3-4,7H,2,5-6H2,1H3,(H,14,15). The van der Waals surface area contributed by atoms with Crippen LogP contribution in [0.4, 0.5) is 5.69 Å². The van der Waals surface area contributed by atoms with Crippen molar-refractivity contribution in [3.8, 4) is 0 Å². The molecule has 1 aromatic rings. The number of carbonyl (C=O) groups excluding carboxylic acids is 1. The average Bonchev–Trinajstić information content (AvgIpc) is 2.24. The minimum absolute atomic E-state index is 0.141. The second kappa shape index (κ2) is 6.74. The highest BCUT2D eigenvalue weighted by Crippen LogP contribution is 2.25. The summed E-state index contributed by atoms with van der Waals surface area (Å²) in [5.41, 5.74) is 0.524. The van der Waals surface area contributed by atoms with Gasteiger partial charge in [0.1, 0.15) is 0 Å². The van der Waals surface area contributed by atoms with Gasteiger partial charge < -0.3 is 10.1 Å². The lowest BCUT2D eigenvalue weighted by Gasteiger charge is -2.07. The highest BCUT2D eigenvalue weighted by molar-refractivity contribution is 6.35. The molecule has 0 unspecified atom stereocenters. The summed E-state index contributed by atoms with van der Waals surface area (Å²) in [7, 11) is 0. The van der Waals surface area contributed by atoms with Gasteiger partial charge in [-0.1, -0.05) is 23.2 Å². The summed E-state index contributed by atoms with van der Waals surface area (Å²) >= 11 is 11.7. The number of benzene rings is 1. The Morgan fingerprint density at radius 2 is 2.19 bits per heavy atom. The van der Waals surface area contributed by atoms with Crippen molar-refractivity contribution in [2.24, 2.45) is 0 Å². The molecule has 0 heterocycles. The van der Waals surface area contributed by atoms with Crippen molar-refractivity contribution in [3.05, 3.63) is 28.2 Å². The minimum atomic E-state index is -0.141. The molecule has 0 saturated heterocycles. The summed E-state index contributed by atoms with van der Waals surface area (Å²) in [4.78, 5) is 11.5. The molecular weight excluding hydrogens is 249 g/mol. The number of hydrogen-bond acceptors (Lipinski definition) is 2. The van der Waals surface area contributed by atoms with Gasteiger partial charge in [-0.25, -0.2) is 0 Å². The fourth-order valence-corrected chi connectivity index (χ4v) is 1.45. The van der Waals surface area contributed by atoms with Crippen LogP contribution in [0.2, 0.25) is 10.0 Å². The molecule has 0 atom stereocenters. The van der Waals surface area contributed by atoms with E-state index in [2.05, 4.69) is 5.32 Å². The van der Waals surface area contributed by atoms with Gasteiger partial charge in [0.2, 0.25) is 5.91 Å². The van der Waals surface area contributed by atoms with Crippen molar-refractivity contribution < 1.29 is 9.53 Å². The summed E-state index contributed by atoms with van der Waals surface area (Å²) in [6, 6.07) is 4.92. The van der Waals surface area contributed by atoms with Crippen LogP contribution in [-0.4, -0.2) is 19.1 Å². The van der Waals surface area contributed by atoms with E-state index in [1.807, 2.05) is 6.92 Å². The van der Waals surface area contributed by atoms with Crippen LogP contribution < -0.4 is 5.32 Å². The van der Waals surface area contributed by atoms with Crippen LogP contribution in [0.25, 0.3) is 0 Å². The third kappa shape index (κ3) is 4.39. The Hall–Kier alpha value is -0.770. The average molecular weight is 262 g/mol. The number of hydrogen-bond donors (Lipinski definition) is 1. The van der Waals surface area contributed by atoms with E-state index in [-0.39, 0.29) is 5.91 Å². The quantitative estimate of drug-likeness (QED) is 0.826. The van der Waals surface area contributed by atoms with Gasteiger partial charge in [-0.05, 0) is 25.1 Å². The molecule has 0 bridgehead atoms. The second-order valence-corrected chi connectivity index (χ2v) is 3.96. The molecule has 88 valence electrons. The molecule has 0 aliphatic heterocycles. The summed E-state index contributed by atoms with van der Waals surface area (Å²) < 4.78 is 5.08. The summed E-state index contributed by atoms with van der Waals surface area (Å²) in [6.07, 6.45) is 0.302. The van der Waals surface area contributed by atoms with Crippen molar-refractivity contribution in [3.63, 3.8) is 0 Å². The molecule has 1 N–H and O–H groups in total. The van der Waals surface area contributed by atoms with Gasteiger partial charge in [0.25, 0.3) is 0 Å². The molecule has 0 aliphatic rings. The topological polar surface area (TPSA) is 38.3 Å². The maximum absolute atomic E-state index is 11.5. The lowest BCUT2D eigenvalue weighted by molar-refractivity contribution is -0.117. The predicted octanol–water partition coefficient (Wildman–Crippen LogP) is 3.36. The highest BCUT2D eigenvalue weighted by Gasteiger charge is 2.06. The Morgan fingerprint density at radius 3 is 2.88 bits per heavy atom. The van der Waals surface area contributed by atoms with Gasteiger partial charge in [-0.2, -0.15) is 0 Å². The van der Waals surface area contributed by atoms with Crippen molar-refractivity contribution in [1.29, 1.82) is 0 Å². The van der Waals surface area contributed by atoms with E-state index in [9.17, 15) is 4.79 Å². The van der Waals surface area contributed by atoms with E-state index in [0.29, 0.717) is 35.4 Å². The molecule has 16 heavy (non-hydrogen) atoms. The molecule has 0 spiro atoms. The van der Waals surface area contributed by atoms with Crippen LogP contribution in [0.3, 0.4) is 0 Å². The maximum atomic E-state index is 11.5. The Kier molecular flexibility index (Phi) is 5.60. The molecule has 0 radical (unpaired) electrons. The molecule has 5 heteroatoms. The lowest BCUT2D eigenvalue weighted by Crippen LogP contribution is -2.14. The SMILES string of the molecule is CCOCCC(=O)Nc1cc(Cl)ccc1Cl. The van der Waals surface area contributed by atoms with E-state index in [1.54, 1.807) is 18.2 Å². The van der Waals surface area contributed by atoms with Crippen LogP contribution in [0.5, 0.6) is 0 Å². The summed E-state index contributed by atoms with van der Waals surface area (Å²) in [5, 5.41) is 3.67. The summed E-state index contributed by atoms with van der Waals surface area (Å²) in [5.74, 6) is -0.141. The molecule has 1 rings (SSSR count). The first-order valence-electron chi connectivity index (χ1n) is 4.96. The zero-order valence-corrected chi connectivity index (χ0v) is 10.4.